The van der Waals surface area contributed by atoms with Gasteiger partial charge in [-0.1, -0.05) is 29.5 Å². The summed E-state index contributed by atoms with van der Waals surface area (Å²) in [5.74, 6) is -5.35. The van der Waals surface area contributed by atoms with Crippen LogP contribution in [0.2, 0.25) is 0 Å². The van der Waals surface area contributed by atoms with Gasteiger partial charge in [0.05, 0.1) is 0 Å². The first-order valence-corrected chi connectivity index (χ1v) is 6.14. The Morgan fingerprint density at radius 3 is 1.65 bits per heavy atom. The minimum absolute atomic E-state index is 0.273. The normalized spacial score (nSPS) is 11.1. The molecule has 0 aliphatic carbocycles. The molecule has 120 valence electrons. The number of halogens is 7. The average molecular weight is 332 g/mol. The molecule has 0 radical (unpaired) electrons. The Morgan fingerprint density at radius 1 is 0.739 bits per heavy atom. The Hall–Kier alpha value is -2.49. The fourth-order valence-corrected chi connectivity index (χ4v) is 1.76. The van der Waals surface area contributed by atoms with E-state index in [0.717, 1.165) is 5.56 Å². The molecule has 0 bridgehead atoms. The molecule has 0 nitrogen and oxygen atoms in total. The molecule has 23 heavy (non-hydrogen) atoms. The van der Waals surface area contributed by atoms with Gasteiger partial charge in [0.1, 0.15) is 11.1 Å². The number of alkyl halides is 3. The second kappa shape index (κ2) is 5.95. The second-order valence-electron chi connectivity index (χ2n) is 4.62. The zero-order chi connectivity index (χ0) is 17.4. The molecule has 2 aromatic rings. The minimum Gasteiger partial charge on any atom is -0.203 e. The van der Waals surface area contributed by atoms with Crippen molar-refractivity contribution in [2.45, 2.75) is 13.1 Å². The molecule has 0 aromatic heterocycles. The van der Waals surface area contributed by atoms with Crippen molar-refractivity contribution in [2.75, 3.05) is 0 Å². The Kier molecular flexibility index (Phi) is 4.37. The van der Waals surface area contributed by atoms with Crippen LogP contribution in [-0.2, 0) is 6.18 Å². The molecule has 0 amide bonds. The van der Waals surface area contributed by atoms with Crippen molar-refractivity contribution in [3.8, 4) is 11.8 Å². The van der Waals surface area contributed by atoms with Gasteiger partial charge in [-0.3, -0.25) is 0 Å². The van der Waals surface area contributed by atoms with E-state index in [1.165, 1.54) is 12.1 Å². The standard InChI is InChI=1S/C16H7F7/c1-8-2-4-9(5-3-8)6-7-10-12(17)14(19)11(16(21,22)23)15(20)13(10)18/h2-5H,1H3. The van der Waals surface area contributed by atoms with Gasteiger partial charge in [0, 0.05) is 5.56 Å². The zero-order valence-electron chi connectivity index (χ0n) is 11.5. The van der Waals surface area contributed by atoms with E-state index in [-0.39, 0.29) is 5.56 Å². The van der Waals surface area contributed by atoms with Gasteiger partial charge in [0.2, 0.25) is 0 Å². The predicted octanol–water partition coefficient (Wildman–Crippen LogP) is 4.97. The SMILES string of the molecule is Cc1ccc(C#Cc2c(F)c(F)c(C(F)(F)F)c(F)c2F)cc1. The van der Waals surface area contributed by atoms with Crippen LogP contribution >= 0.6 is 0 Å². The highest BCUT2D eigenvalue weighted by Crippen LogP contribution is 2.36. The lowest BCUT2D eigenvalue weighted by atomic mass is 10.1. The molecule has 2 aromatic carbocycles. The van der Waals surface area contributed by atoms with E-state index in [1.807, 2.05) is 5.92 Å². The third kappa shape index (κ3) is 3.31. The third-order valence-corrected chi connectivity index (χ3v) is 2.93. The van der Waals surface area contributed by atoms with Gasteiger partial charge in [-0.25, -0.2) is 17.6 Å². The van der Waals surface area contributed by atoms with Gasteiger partial charge in [0.25, 0.3) is 0 Å². The van der Waals surface area contributed by atoms with Crippen LogP contribution in [0.5, 0.6) is 0 Å². The molecule has 2 rings (SSSR count). The van der Waals surface area contributed by atoms with Crippen LogP contribution in [0.25, 0.3) is 0 Å². The summed E-state index contributed by atoms with van der Waals surface area (Å²) in [6.45, 7) is 1.77. The number of benzene rings is 2. The first-order valence-electron chi connectivity index (χ1n) is 6.14. The van der Waals surface area contributed by atoms with Gasteiger partial charge in [-0.2, -0.15) is 13.2 Å². The smallest absolute Gasteiger partial charge is 0.203 e. The van der Waals surface area contributed by atoms with Crippen LogP contribution in [0.1, 0.15) is 22.3 Å². The largest absolute Gasteiger partial charge is 0.422 e. The molecule has 0 saturated heterocycles. The number of hydrogen-bond acceptors (Lipinski definition) is 0. The lowest BCUT2D eigenvalue weighted by molar-refractivity contribution is -0.143. The van der Waals surface area contributed by atoms with E-state index in [9.17, 15) is 30.7 Å². The van der Waals surface area contributed by atoms with Gasteiger partial charge in [-0.15, -0.1) is 0 Å². The fraction of sp³-hybridized carbons (Fsp3) is 0.125. The maximum Gasteiger partial charge on any atom is 0.422 e. The van der Waals surface area contributed by atoms with Gasteiger partial charge in [-0.05, 0) is 19.1 Å². The zero-order valence-corrected chi connectivity index (χ0v) is 11.5. The highest BCUT2D eigenvalue weighted by atomic mass is 19.4. The predicted molar refractivity (Wildman–Crippen MR) is 68.4 cm³/mol. The molecule has 7 heteroatoms. The molecule has 0 heterocycles. The van der Waals surface area contributed by atoms with Crippen LogP contribution in [0.15, 0.2) is 24.3 Å². The van der Waals surface area contributed by atoms with E-state index in [2.05, 4.69) is 5.92 Å². The molecule has 0 aliphatic rings. The first kappa shape index (κ1) is 16.9. The fourth-order valence-electron chi connectivity index (χ4n) is 1.76. The summed E-state index contributed by atoms with van der Waals surface area (Å²) >= 11 is 0. The lowest BCUT2D eigenvalue weighted by Gasteiger charge is -2.11. The van der Waals surface area contributed by atoms with E-state index in [4.69, 9.17) is 0 Å². The summed E-state index contributed by atoms with van der Waals surface area (Å²) in [5.41, 5.74) is -2.86. The molecular weight excluding hydrogens is 325 g/mol. The average Bonchev–Trinajstić information content (AvgIpc) is 2.46. The van der Waals surface area contributed by atoms with Gasteiger partial charge in [0.15, 0.2) is 23.3 Å². The lowest BCUT2D eigenvalue weighted by Crippen LogP contribution is -2.16. The maximum absolute atomic E-state index is 13.6. The molecule has 0 saturated carbocycles. The van der Waals surface area contributed by atoms with Crippen molar-refractivity contribution in [3.63, 3.8) is 0 Å². The molecule has 0 atom stereocenters. The van der Waals surface area contributed by atoms with E-state index >= 15 is 0 Å². The van der Waals surface area contributed by atoms with Crippen LogP contribution in [0, 0.1) is 42.0 Å². The summed E-state index contributed by atoms with van der Waals surface area (Å²) in [4.78, 5) is 0. The molecular formula is C16H7F7. The maximum atomic E-state index is 13.6. The molecule has 0 fully saturated rings. The summed E-state index contributed by atoms with van der Waals surface area (Å²) in [5, 5.41) is 0. The number of aryl methyl sites for hydroxylation is 1. The summed E-state index contributed by atoms with van der Waals surface area (Å²) in [7, 11) is 0. The Bertz CT molecular complexity index is 777. The first-order chi connectivity index (χ1) is 10.6. The van der Waals surface area contributed by atoms with Crippen LogP contribution < -0.4 is 0 Å². The van der Waals surface area contributed by atoms with Crippen LogP contribution in [-0.4, -0.2) is 0 Å². The molecule has 0 N–H and O–H groups in total. The van der Waals surface area contributed by atoms with Crippen molar-refractivity contribution < 1.29 is 30.7 Å². The van der Waals surface area contributed by atoms with E-state index in [0.29, 0.717) is 0 Å². The summed E-state index contributed by atoms with van der Waals surface area (Å²) < 4.78 is 91.4. The summed E-state index contributed by atoms with van der Waals surface area (Å²) in [6, 6.07) is 6.22. The Balaban J connectivity index is 2.60. The minimum atomic E-state index is -5.57. The Labute approximate surface area is 126 Å². The van der Waals surface area contributed by atoms with Gasteiger partial charge < -0.3 is 0 Å². The highest BCUT2D eigenvalue weighted by Gasteiger charge is 2.42. The highest BCUT2D eigenvalue weighted by molar-refractivity contribution is 5.46. The number of rotatable bonds is 0. The monoisotopic (exact) mass is 332 g/mol. The van der Waals surface area contributed by atoms with Crippen molar-refractivity contribution in [1.29, 1.82) is 0 Å². The van der Waals surface area contributed by atoms with Crippen LogP contribution in [0.3, 0.4) is 0 Å². The van der Waals surface area contributed by atoms with Gasteiger partial charge >= 0.3 is 6.18 Å². The molecule has 0 spiro atoms. The van der Waals surface area contributed by atoms with Crippen molar-refractivity contribution >= 4 is 0 Å². The Morgan fingerprint density at radius 2 is 1.22 bits per heavy atom. The quantitative estimate of drug-likeness (QED) is 0.363. The molecule has 0 aliphatic heterocycles. The van der Waals surface area contributed by atoms with Crippen molar-refractivity contribution in [3.05, 3.63) is 69.8 Å². The van der Waals surface area contributed by atoms with Crippen LogP contribution in [0.4, 0.5) is 30.7 Å². The third-order valence-electron chi connectivity index (χ3n) is 2.93. The van der Waals surface area contributed by atoms with Crippen molar-refractivity contribution in [1.82, 2.24) is 0 Å². The second-order valence-corrected chi connectivity index (χ2v) is 4.62. The van der Waals surface area contributed by atoms with E-state index < -0.39 is 40.6 Å². The topological polar surface area (TPSA) is 0 Å². The summed E-state index contributed by atoms with van der Waals surface area (Å²) in [6.07, 6.45) is -5.57. The number of hydrogen-bond donors (Lipinski definition) is 0. The van der Waals surface area contributed by atoms with Crippen molar-refractivity contribution in [2.24, 2.45) is 0 Å². The molecule has 0 unspecified atom stereocenters. The van der Waals surface area contributed by atoms with E-state index in [1.54, 1.807) is 19.1 Å².